The molecule has 108 valence electrons. The van der Waals surface area contributed by atoms with E-state index in [1.54, 1.807) is 0 Å². The number of carboxylic acids is 1. The normalized spacial score (nSPS) is 9.95. The molecule has 0 unspecified atom stereocenters. The van der Waals surface area contributed by atoms with Crippen LogP contribution in [-0.4, -0.2) is 22.1 Å². The summed E-state index contributed by atoms with van der Waals surface area (Å²) in [6.45, 7) is 2.36. The number of benzene rings is 1. The van der Waals surface area contributed by atoms with Crippen molar-refractivity contribution in [3.8, 4) is 0 Å². The van der Waals surface area contributed by atoms with E-state index in [0.717, 1.165) is 11.1 Å². The molecule has 2 rings (SSSR count). The zero-order chi connectivity index (χ0) is 15.2. The van der Waals surface area contributed by atoms with Crippen LogP contribution in [0.2, 0.25) is 0 Å². The lowest BCUT2D eigenvalue weighted by Crippen LogP contribution is -2.28. The third-order valence-electron chi connectivity index (χ3n) is 2.94. The number of amides is 2. The van der Waals surface area contributed by atoms with Gasteiger partial charge in [0.2, 0.25) is 0 Å². The highest BCUT2D eigenvalue weighted by atomic mass is 16.4. The van der Waals surface area contributed by atoms with Crippen molar-refractivity contribution >= 4 is 17.7 Å². The van der Waals surface area contributed by atoms with Crippen molar-refractivity contribution in [2.45, 2.75) is 13.5 Å². The van der Waals surface area contributed by atoms with E-state index in [0.29, 0.717) is 12.2 Å². The molecule has 1 aromatic carbocycles. The summed E-state index contributed by atoms with van der Waals surface area (Å²) in [5.74, 6) is -1.09. The second-order valence-corrected chi connectivity index (χ2v) is 4.50. The smallest absolute Gasteiger partial charge is 0.337 e. The Morgan fingerprint density at radius 1 is 1.24 bits per heavy atom. The van der Waals surface area contributed by atoms with Gasteiger partial charge < -0.3 is 15.7 Å². The molecule has 6 heteroatoms. The highest BCUT2D eigenvalue weighted by molar-refractivity contribution is 5.92. The molecule has 2 amide bonds. The zero-order valence-electron chi connectivity index (χ0n) is 11.5. The van der Waals surface area contributed by atoms with Crippen molar-refractivity contribution in [2.75, 3.05) is 5.32 Å². The van der Waals surface area contributed by atoms with Crippen LogP contribution in [0.15, 0.2) is 42.7 Å². The van der Waals surface area contributed by atoms with E-state index in [1.165, 1.54) is 18.5 Å². The van der Waals surface area contributed by atoms with Gasteiger partial charge in [-0.25, -0.2) is 9.59 Å². The van der Waals surface area contributed by atoms with Crippen LogP contribution in [0.4, 0.5) is 10.5 Å². The maximum Gasteiger partial charge on any atom is 0.337 e. The second-order valence-electron chi connectivity index (χ2n) is 4.50. The van der Waals surface area contributed by atoms with Crippen LogP contribution < -0.4 is 10.6 Å². The Hall–Kier alpha value is -2.89. The van der Waals surface area contributed by atoms with Gasteiger partial charge in [0.1, 0.15) is 0 Å². The van der Waals surface area contributed by atoms with Crippen LogP contribution in [0.5, 0.6) is 0 Å². The maximum absolute atomic E-state index is 11.8. The van der Waals surface area contributed by atoms with E-state index in [2.05, 4.69) is 15.6 Å². The summed E-state index contributed by atoms with van der Waals surface area (Å²) in [4.78, 5) is 26.4. The topological polar surface area (TPSA) is 91.3 Å². The lowest BCUT2D eigenvalue weighted by atomic mass is 10.1. The third-order valence-corrected chi connectivity index (χ3v) is 2.94. The zero-order valence-corrected chi connectivity index (χ0v) is 11.5. The van der Waals surface area contributed by atoms with Crippen LogP contribution in [0, 0.1) is 6.92 Å². The number of aromatic nitrogens is 1. The van der Waals surface area contributed by atoms with E-state index in [1.807, 2.05) is 31.2 Å². The van der Waals surface area contributed by atoms with Gasteiger partial charge in [-0.1, -0.05) is 24.3 Å². The predicted molar refractivity (Wildman–Crippen MR) is 78.2 cm³/mol. The van der Waals surface area contributed by atoms with Crippen molar-refractivity contribution in [3.63, 3.8) is 0 Å². The molecule has 0 radical (unpaired) electrons. The van der Waals surface area contributed by atoms with Gasteiger partial charge in [-0.05, 0) is 24.1 Å². The van der Waals surface area contributed by atoms with Gasteiger partial charge in [0, 0.05) is 12.7 Å². The summed E-state index contributed by atoms with van der Waals surface area (Å²) >= 11 is 0. The number of nitrogens with zero attached hydrogens (tertiary/aromatic N) is 1. The Bertz CT molecular complexity index is 671. The van der Waals surface area contributed by atoms with Gasteiger partial charge >= 0.3 is 12.0 Å². The standard InChI is InChI=1S/C15H15N3O3/c1-10-4-2-3-5-11(10)8-17-15(21)18-13-6-12(14(19)20)7-16-9-13/h2-7,9H,8H2,1H3,(H,19,20)(H2,17,18,21). The Morgan fingerprint density at radius 3 is 2.71 bits per heavy atom. The predicted octanol–water partition coefficient (Wildman–Crippen LogP) is 2.41. The number of anilines is 1. The molecule has 0 aliphatic heterocycles. The Balaban J connectivity index is 1.95. The first-order valence-corrected chi connectivity index (χ1v) is 6.34. The van der Waals surface area contributed by atoms with Gasteiger partial charge in [0.05, 0.1) is 17.4 Å². The summed E-state index contributed by atoms with van der Waals surface area (Å²) in [6, 6.07) is 8.67. The van der Waals surface area contributed by atoms with E-state index in [-0.39, 0.29) is 5.56 Å². The highest BCUT2D eigenvalue weighted by Gasteiger charge is 2.07. The molecule has 0 fully saturated rings. The first-order chi connectivity index (χ1) is 10.1. The largest absolute Gasteiger partial charge is 0.478 e. The molecule has 3 N–H and O–H groups in total. The molecular formula is C15H15N3O3. The SMILES string of the molecule is Cc1ccccc1CNC(=O)Nc1cncc(C(=O)O)c1. The van der Waals surface area contributed by atoms with E-state index >= 15 is 0 Å². The minimum atomic E-state index is -1.09. The fraction of sp³-hybridized carbons (Fsp3) is 0.133. The molecule has 1 heterocycles. The summed E-state index contributed by atoms with van der Waals surface area (Å²) in [6.07, 6.45) is 2.61. The monoisotopic (exact) mass is 285 g/mol. The van der Waals surface area contributed by atoms with Crippen LogP contribution in [0.25, 0.3) is 0 Å². The van der Waals surface area contributed by atoms with Gasteiger partial charge in [-0.2, -0.15) is 0 Å². The molecule has 0 aliphatic carbocycles. The molecule has 0 aliphatic rings. The number of carbonyl (C=O) groups excluding carboxylic acids is 1. The highest BCUT2D eigenvalue weighted by Crippen LogP contribution is 2.09. The molecule has 0 saturated heterocycles. The number of nitrogens with one attached hydrogen (secondary N) is 2. The number of aryl methyl sites for hydroxylation is 1. The van der Waals surface area contributed by atoms with Gasteiger partial charge in [-0.3, -0.25) is 4.98 Å². The average molecular weight is 285 g/mol. The molecule has 0 atom stereocenters. The summed E-state index contributed by atoms with van der Waals surface area (Å²) < 4.78 is 0. The molecule has 0 spiro atoms. The van der Waals surface area contributed by atoms with Crippen LogP contribution in [0.1, 0.15) is 21.5 Å². The second kappa shape index (κ2) is 6.51. The summed E-state index contributed by atoms with van der Waals surface area (Å²) in [7, 11) is 0. The van der Waals surface area contributed by atoms with E-state index in [4.69, 9.17) is 5.11 Å². The van der Waals surface area contributed by atoms with E-state index in [9.17, 15) is 9.59 Å². The maximum atomic E-state index is 11.8. The molecule has 2 aromatic rings. The number of carbonyl (C=O) groups is 2. The molecule has 0 saturated carbocycles. The van der Waals surface area contributed by atoms with Crippen molar-refractivity contribution < 1.29 is 14.7 Å². The first-order valence-electron chi connectivity index (χ1n) is 6.34. The minimum Gasteiger partial charge on any atom is -0.478 e. The summed E-state index contributed by atoms with van der Waals surface area (Å²) in [5.41, 5.74) is 2.46. The summed E-state index contributed by atoms with van der Waals surface area (Å²) in [5, 5.41) is 14.1. The van der Waals surface area contributed by atoms with Crippen molar-refractivity contribution in [3.05, 3.63) is 59.4 Å². The van der Waals surface area contributed by atoms with Crippen LogP contribution in [0.3, 0.4) is 0 Å². The van der Waals surface area contributed by atoms with Crippen LogP contribution in [-0.2, 0) is 6.54 Å². The van der Waals surface area contributed by atoms with Crippen molar-refractivity contribution in [2.24, 2.45) is 0 Å². The van der Waals surface area contributed by atoms with Gasteiger partial charge in [-0.15, -0.1) is 0 Å². The molecule has 21 heavy (non-hydrogen) atoms. The number of urea groups is 1. The molecule has 6 nitrogen and oxygen atoms in total. The third kappa shape index (κ3) is 4.04. The molecule has 1 aromatic heterocycles. The van der Waals surface area contributed by atoms with Crippen LogP contribution >= 0.6 is 0 Å². The van der Waals surface area contributed by atoms with Crippen molar-refractivity contribution in [1.82, 2.24) is 10.3 Å². The lowest BCUT2D eigenvalue weighted by molar-refractivity contribution is 0.0696. The number of hydrogen-bond donors (Lipinski definition) is 3. The molecule has 0 bridgehead atoms. The Labute approximate surface area is 121 Å². The van der Waals surface area contributed by atoms with Gasteiger partial charge in [0.25, 0.3) is 0 Å². The fourth-order valence-electron chi connectivity index (χ4n) is 1.78. The average Bonchev–Trinajstić information content (AvgIpc) is 2.46. The molecular weight excluding hydrogens is 270 g/mol. The first kappa shape index (κ1) is 14.5. The quantitative estimate of drug-likeness (QED) is 0.804. The van der Waals surface area contributed by atoms with Crippen molar-refractivity contribution in [1.29, 1.82) is 0 Å². The lowest BCUT2D eigenvalue weighted by Gasteiger charge is -2.09. The number of hydrogen-bond acceptors (Lipinski definition) is 3. The number of pyridine rings is 1. The van der Waals surface area contributed by atoms with Gasteiger partial charge in [0.15, 0.2) is 0 Å². The fourth-order valence-corrected chi connectivity index (χ4v) is 1.78. The van der Waals surface area contributed by atoms with E-state index < -0.39 is 12.0 Å². The number of rotatable bonds is 4. The minimum absolute atomic E-state index is 0.0201. The number of aromatic carboxylic acids is 1. The Kier molecular flexibility index (Phi) is 4.50. The number of carboxylic acid groups (broad SMARTS) is 1. The Morgan fingerprint density at radius 2 is 2.00 bits per heavy atom.